The van der Waals surface area contributed by atoms with Crippen LogP contribution in [0.2, 0.25) is 0 Å². The van der Waals surface area contributed by atoms with Gasteiger partial charge < -0.3 is 10.1 Å². The highest BCUT2D eigenvalue weighted by Crippen LogP contribution is 2.12. The maximum atomic E-state index is 11.8. The van der Waals surface area contributed by atoms with E-state index in [0.717, 1.165) is 0 Å². The summed E-state index contributed by atoms with van der Waals surface area (Å²) in [5.41, 5.74) is 0. The summed E-state index contributed by atoms with van der Waals surface area (Å²) in [5, 5.41) is 2.48. The molecule has 0 aliphatic heterocycles. The molecule has 0 saturated carbocycles. The van der Waals surface area contributed by atoms with Crippen molar-refractivity contribution in [1.82, 2.24) is 5.32 Å². The van der Waals surface area contributed by atoms with Gasteiger partial charge in [-0.1, -0.05) is 32.0 Å². The molecule has 1 aromatic carbocycles. The monoisotopic (exact) mass is 235 g/mol. The summed E-state index contributed by atoms with van der Waals surface area (Å²) in [6.07, 6.45) is 1.09. The van der Waals surface area contributed by atoms with Crippen LogP contribution < -0.4 is 10.1 Å². The second kappa shape index (κ2) is 6.68. The molecule has 0 aliphatic carbocycles. The van der Waals surface area contributed by atoms with Gasteiger partial charge in [0.25, 0.3) is 0 Å². The summed E-state index contributed by atoms with van der Waals surface area (Å²) in [6.45, 7) is 3.96. The predicted molar refractivity (Wildman–Crippen MR) is 64.5 cm³/mol. The van der Waals surface area contributed by atoms with Gasteiger partial charge in [-0.2, -0.15) is 0 Å². The summed E-state index contributed by atoms with van der Waals surface area (Å²) in [5.74, 6) is 0.353. The Morgan fingerprint density at radius 1 is 1.35 bits per heavy atom. The lowest BCUT2D eigenvalue weighted by atomic mass is 10.0. The molecule has 1 amide bonds. The van der Waals surface area contributed by atoms with Crippen molar-refractivity contribution < 1.29 is 14.3 Å². The van der Waals surface area contributed by atoms with Crippen LogP contribution in [-0.2, 0) is 9.59 Å². The Morgan fingerprint density at radius 2 is 2.00 bits per heavy atom. The van der Waals surface area contributed by atoms with Crippen molar-refractivity contribution >= 4 is 12.4 Å². The molecule has 1 aromatic rings. The standard InChI is InChI=1S/C13H17NO3/c1-10(2)8-12(14-9-15)13(16)17-11-6-4-3-5-7-11/h3-7,9-10,12H,8H2,1-2H3,(H,14,15)/t12-/m0/s1. The van der Waals surface area contributed by atoms with E-state index in [0.29, 0.717) is 24.5 Å². The van der Waals surface area contributed by atoms with E-state index in [1.165, 1.54) is 0 Å². The number of benzene rings is 1. The van der Waals surface area contributed by atoms with E-state index in [1.807, 2.05) is 19.9 Å². The third kappa shape index (κ3) is 4.68. The van der Waals surface area contributed by atoms with Crippen LogP contribution in [0.15, 0.2) is 30.3 Å². The van der Waals surface area contributed by atoms with E-state index < -0.39 is 12.0 Å². The molecule has 1 rings (SSSR count). The van der Waals surface area contributed by atoms with E-state index in [9.17, 15) is 9.59 Å². The lowest BCUT2D eigenvalue weighted by molar-refractivity contribution is -0.138. The maximum Gasteiger partial charge on any atom is 0.334 e. The first kappa shape index (κ1) is 13.2. The normalized spacial score (nSPS) is 11.9. The molecule has 0 aliphatic rings. The fourth-order valence-corrected chi connectivity index (χ4v) is 1.46. The number of carbonyl (C=O) groups excluding carboxylic acids is 2. The van der Waals surface area contributed by atoms with E-state index in [2.05, 4.69) is 5.32 Å². The highest BCUT2D eigenvalue weighted by molar-refractivity contribution is 5.80. The largest absolute Gasteiger partial charge is 0.425 e. The summed E-state index contributed by atoms with van der Waals surface area (Å²) < 4.78 is 5.17. The molecule has 4 nitrogen and oxygen atoms in total. The van der Waals surface area contributed by atoms with Crippen molar-refractivity contribution in [3.63, 3.8) is 0 Å². The van der Waals surface area contributed by atoms with Crippen molar-refractivity contribution in [2.45, 2.75) is 26.3 Å². The molecule has 1 atom stereocenters. The lowest BCUT2D eigenvalue weighted by Crippen LogP contribution is -2.39. The van der Waals surface area contributed by atoms with Crippen LogP contribution in [0.25, 0.3) is 0 Å². The van der Waals surface area contributed by atoms with Gasteiger partial charge in [-0.15, -0.1) is 0 Å². The second-order valence-corrected chi connectivity index (χ2v) is 4.20. The smallest absolute Gasteiger partial charge is 0.334 e. The average molecular weight is 235 g/mol. The predicted octanol–water partition coefficient (Wildman–Crippen LogP) is 1.75. The number of ether oxygens (including phenoxy) is 1. The fraction of sp³-hybridized carbons (Fsp3) is 0.385. The Balaban J connectivity index is 2.62. The first-order valence-corrected chi connectivity index (χ1v) is 5.60. The van der Waals surface area contributed by atoms with Gasteiger partial charge in [0, 0.05) is 0 Å². The molecule has 0 bridgehead atoms. The van der Waals surface area contributed by atoms with E-state index in [-0.39, 0.29) is 0 Å². The molecule has 0 saturated heterocycles. The zero-order chi connectivity index (χ0) is 12.7. The van der Waals surface area contributed by atoms with E-state index >= 15 is 0 Å². The Labute approximate surface area is 101 Å². The number of para-hydroxylation sites is 1. The van der Waals surface area contributed by atoms with Gasteiger partial charge in [-0.25, -0.2) is 4.79 Å². The van der Waals surface area contributed by atoms with Crippen LogP contribution in [0.1, 0.15) is 20.3 Å². The Bertz CT molecular complexity index is 362. The van der Waals surface area contributed by atoms with Gasteiger partial charge in [0.2, 0.25) is 6.41 Å². The van der Waals surface area contributed by atoms with Crippen molar-refractivity contribution in [2.24, 2.45) is 5.92 Å². The molecular formula is C13H17NO3. The van der Waals surface area contributed by atoms with Crippen molar-refractivity contribution in [3.05, 3.63) is 30.3 Å². The Kier molecular flexibility index (Phi) is 5.20. The minimum atomic E-state index is -0.590. The fourth-order valence-electron chi connectivity index (χ4n) is 1.46. The number of nitrogens with one attached hydrogen (secondary N) is 1. The number of amides is 1. The molecule has 92 valence electrons. The molecule has 0 fully saturated rings. The molecule has 0 aromatic heterocycles. The first-order valence-electron chi connectivity index (χ1n) is 5.60. The third-order valence-electron chi connectivity index (χ3n) is 2.22. The van der Waals surface area contributed by atoms with Gasteiger partial charge in [-0.05, 0) is 24.5 Å². The minimum Gasteiger partial charge on any atom is -0.425 e. The van der Waals surface area contributed by atoms with Crippen LogP contribution in [0.5, 0.6) is 5.75 Å². The highest BCUT2D eigenvalue weighted by Gasteiger charge is 2.20. The minimum absolute atomic E-state index is 0.302. The molecule has 0 radical (unpaired) electrons. The van der Waals surface area contributed by atoms with Gasteiger partial charge in [0.05, 0.1) is 0 Å². The van der Waals surface area contributed by atoms with Gasteiger partial charge in [0.15, 0.2) is 0 Å². The number of hydrogen-bond acceptors (Lipinski definition) is 3. The molecule has 4 heteroatoms. The summed E-state index contributed by atoms with van der Waals surface area (Å²) in [7, 11) is 0. The van der Waals surface area contributed by atoms with Crippen LogP contribution in [0, 0.1) is 5.92 Å². The molecule has 0 unspecified atom stereocenters. The maximum absolute atomic E-state index is 11.8. The quantitative estimate of drug-likeness (QED) is 0.464. The van der Waals surface area contributed by atoms with Crippen molar-refractivity contribution in [1.29, 1.82) is 0 Å². The second-order valence-electron chi connectivity index (χ2n) is 4.20. The van der Waals surface area contributed by atoms with Crippen LogP contribution in [0.4, 0.5) is 0 Å². The number of carbonyl (C=O) groups is 2. The zero-order valence-electron chi connectivity index (χ0n) is 10.1. The van der Waals surface area contributed by atoms with Crippen LogP contribution >= 0.6 is 0 Å². The number of rotatable bonds is 6. The Morgan fingerprint density at radius 3 is 2.53 bits per heavy atom. The first-order chi connectivity index (χ1) is 8.13. The van der Waals surface area contributed by atoms with Crippen molar-refractivity contribution in [2.75, 3.05) is 0 Å². The lowest BCUT2D eigenvalue weighted by Gasteiger charge is -2.16. The summed E-state index contributed by atoms with van der Waals surface area (Å²) in [6, 6.07) is 8.22. The van der Waals surface area contributed by atoms with Crippen LogP contribution in [-0.4, -0.2) is 18.4 Å². The highest BCUT2D eigenvalue weighted by atomic mass is 16.5. The Hall–Kier alpha value is -1.84. The van der Waals surface area contributed by atoms with E-state index in [4.69, 9.17) is 4.74 Å². The molecular weight excluding hydrogens is 218 g/mol. The third-order valence-corrected chi connectivity index (χ3v) is 2.22. The summed E-state index contributed by atoms with van der Waals surface area (Å²) >= 11 is 0. The van der Waals surface area contributed by atoms with Crippen molar-refractivity contribution in [3.8, 4) is 5.75 Å². The molecule has 1 N–H and O–H groups in total. The summed E-state index contributed by atoms with van der Waals surface area (Å²) in [4.78, 5) is 22.2. The van der Waals surface area contributed by atoms with Crippen LogP contribution in [0.3, 0.4) is 0 Å². The SMILES string of the molecule is CC(C)C[C@H](NC=O)C(=O)Oc1ccccc1. The van der Waals surface area contributed by atoms with Gasteiger partial charge in [0.1, 0.15) is 11.8 Å². The number of hydrogen-bond donors (Lipinski definition) is 1. The van der Waals surface area contributed by atoms with E-state index in [1.54, 1.807) is 24.3 Å². The van der Waals surface area contributed by atoms with Gasteiger partial charge >= 0.3 is 5.97 Å². The van der Waals surface area contributed by atoms with Gasteiger partial charge in [-0.3, -0.25) is 4.79 Å². The topological polar surface area (TPSA) is 55.4 Å². The molecule has 0 spiro atoms. The molecule has 0 heterocycles. The zero-order valence-corrected chi connectivity index (χ0v) is 10.1. The molecule has 17 heavy (non-hydrogen) atoms. The average Bonchev–Trinajstić information content (AvgIpc) is 2.29. The number of esters is 1.